The van der Waals surface area contributed by atoms with Crippen molar-refractivity contribution in [2.45, 2.75) is 74.7 Å². The zero-order valence-corrected chi connectivity index (χ0v) is 20.0. The molecule has 32 heavy (non-hydrogen) atoms. The summed E-state index contributed by atoms with van der Waals surface area (Å²) in [6.07, 6.45) is 24.0. The van der Waals surface area contributed by atoms with Crippen LogP contribution in [0.1, 0.15) is 51.4 Å². The Balaban J connectivity index is 1.07. The van der Waals surface area contributed by atoms with Crippen LogP contribution < -0.4 is 0 Å². The first-order chi connectivity index (χ1) is 15.8. The molecule has 0 amide bonds. The average molecular weight is 449 g/mol. The van der Waals surface area contributed by atoms with Crippen molar-refractivity contribution in [2.75, 3.05) is 31.9 Å². The van der Waals surface area contributed by atoms with E-state index in [1.54, 1.807) is 5.70 Å². The SMILES string of the molecule is C1=CCC2SCC=C3CC(C4=CCC(N5CCC(N6CCCC6)CC5)=CC4)N=NC3C2=C1. The first-order valence-corrected chi connectivity index (χ1v) is 13.8. The van der Waals surface area contributed by atoms with E-state index in [2.05, 4.69) is 58.0 Å². The van der Waals surface area contributed by atoms with Gasteiger partial charge in [-0.2, -0.15) is 10.2 Å². The van der Waals surface area contributed by atoms with Crippen molar-refractivity contribution in [2.24, 2.45) is 10.2 Å². The molecule has 6 aliphatic rings. The van der Waals surface area contributed by atoms with Crippen LogP contribution in [0, 0.1) is 0 Å². The predicted molar refractivity (Wildman–Crippen MR) is 134 cm³/mol. The van der Waals surface area contributed by atoms with Crippen molar-refractivity contribution in [3.05, 3.63) is 58.9 Å². The van der Waals surface area contributed by atoms with Crippen LogP contribution in [0.4, 0.5) is 0 Å². The minimum absolute atomic E-state index is 0.198. The second-order valence-electron chi connectivity index (χ2n) is 10.1. The normalized spacial score (nSPS) is 33.6. The van der Waals surface area contributed by atoms with E-state index in [1.165, 1.54) is 68.6 Å². The summed E-state index contributed by atoms with van der Waals surface area (Å²) in [5, 5.41) is 10.3. The van der Waals surface area contributed by atoms with Gasteiger partial charge in [-0.25, -0.2) is 0 Å². The Morgan fingerprint density at radius 2 is 1.78 bits per heavy atom. The first kappa shape index (κ1) is 21.0. The topological polar surface area (TPSA) is 31.2 Å². The standard InChI is InChI=1S/C27H36N4S/c1-2-6-26-24(5-1)27-21(13-18-32-26)19-25(28-29-27)20-7-9-22(10-8-20)31-16-11-23(12-17-31)30-14-3-4-15-30/h1-2,5,7,10,13,23,25-27H,3-4,6,8-9,11-12,14-19H2. The van der Waals surface area contributed by atoms with E-state index in [0.29, 0.717) is 5.25 Å². The molecule has 4 aliphatic heterocycles. The molecule has 2 aliphatic carbocycles. The van der Waals surface area contributed by atoms with Crippen molar-refractivity contribution in [1.82, 2.24) is 9.80 Å². The monoisotopic (exact) mass is 448 g/mol. The summed E-state index contributed by atoms with van der Waals surface area (Å²) >= 11 is 2.06. The van der Waals surface area contributed by atoms with E-state index in [9.17, 15) is 0 Å². The number of hydrogen-bond donors (Lipinski definition) is 0. The Morgan fingerprint density at radius 1 is 0.906 bits per heavy atom. The molecule has 170 valence electrons. The van der Waals surface area contributed by atoms with E-state index in [0.717, 1.165) is 37.5 Å². The first-order valence-electron chi connectivity index (χ1n) is 12.8. The molecule has 3 unspecified atom stereocenters. The summed E-state index contributed by atoms with van der Waals surface area (Å²) in [6.45, 7) is 5.13. The van der Waals surface area contributed by atoms with Gasteiger partial charge in [-0.05, 0) is 74.8 Å². The van der Waals surface area contributed by atoms with E-state index in [-0.39, 0.29) is 12.1 Å². The fourth-order valence-corrected chi connectivity index (χ4v) is 7.59. The molecule has 0 aromatic rings. The Hall–Kier alpha value is -1.59. The molecule has 5 heteroatoms. The van der Waals surface area contributed by atoms with Gasteiger partial charge in [0.25, 0.3) is 0 Å². The highest BCUT2D eigenvalue weighted by atomic mass is 32.2. The molecule has 6 rings (SSSR count). The molecule has 0 radical (unpaired) electrons. The Kier molecular flexibility index (Phi) is 6.12. The van der Waals surface area contributed by atoms with E-state index >= 15 is 0 Å². The van der Waals surface area contributed by atoms with Gasteiger partial charge in [0.05, 0.1) is 6.04 Å². The van der Waals surface area contributed by atoms with Gasteiger partial charge >= 0.3 is 0 Å². The molecule has 4 nitrogen and oxygen atoms in total. The van der Waals surface area contributed by atoms with Crippen molar-refractivity contribution in [3.63, 3.8) is 0 Å². The fraction of sp³-hybridized carbons (Fsp3) is 0.630. The number of azo groups is 1. The summed E-state index contributed by atoms with van der Waals surface area (Å²) in [7, 11) is 0. The summed E-state index contributed by atoms with van der Waals surface area (Å²) in [5.74, 6) is 1.11. The highest BCUT2D eigenvalue weighted by Gasteiger charge is 2.34. The second kappa shape index (κ2) is 9.34. The van der Waals surface area contributed by atoms with Crippen molar-refractivity contribution in [3.8, 4) is 0 Å². The largest absolute Gasteiger partial charge is 0.375 e. The Bertz CT molecular complexity index is 897. The van der Waals surface area contributed by atoms with E-state index in [1.807, 2.05) is 0 Å². The van der Waals surface area contributed by atoms with Crippen LogP contribution in [0.3, 0.4) is 0 Å². The minimum atomic E-state index is 0.198. The highest BCUT2D eigenvalue weighted by Crippen LogP contribution is 2.41. The third-order valence-corrected chi connectivity index (χ3v) is 9.54. The Labute approximate surface area is 197 Å². The number of hydrogen-bond acceptors (Lipinski definition) is 5. The molecule has 2 saturated heterocycles. The summed E-state index contributed by atoms with van der Waals surface area (Å²) in [5.41, 5.74) is 6.00. The van der Waals surface area contributed by atoms with Crippen molar-refractivity contribution in [1.29, 1.82) is 0 Å². The van der Waals surface area contributed by atoms with Crippen molar-refractivity contribution >= 4 is 11.8 Å². The highest BCUT2D eigenvalue weighted by molar-refractivity contribution is 8.00. The number of likely N-dealkylation sites (tertiary alicyclic amines) is 2. The van der Waals surface area contributed by atoms with Crippen LogP contribution in [0.5, 0.6) is 0 Å². The van der Waals surface area contributed by atoms with Gasteiger partial charge in [0.1, 0.15) is 6.04 Å². The van der Waals surface area contributed by atoms with Crippen LogP contribution in [0.25, 0.3) is 0 Å². The lowest BCUT2D eigenvalue weighted by atomic mass is 9.85. The summed E-state index contributed by atoms with van der Waals surface area (Å²) in [6, 6.07) is 1.28. The minimum Gasteiger partial charge on any atom is -0.375 e. The van der Waals surface area contributed by atoms with Gasteiger partial charge < -0.3 is 9.80 Å². The zero-order valence-electron chi connectivity index (χ0n) is 19.2. The van der Waals surface area contributed by atoms with Crippen LogP contribution >= 0.6 is 11.8 Å². The van der Waals surface area contributed by atoms with Gasteiger partial charge in [-0.1, -0.05) is 36.5 Å². The maximum Gasteiger partial charge on any atom is 0.114 e. The molecular formula is C27H36N4S. The van der Waals surface area contributed by atoms with Crippen LogP contribution in [0.15, 0.2) is 69.1 Å². The third kappa shape index (κ3) is 4.19. The number of fused-ring (bicyclic) bond motifs is 3. The smallest absolute Gasteiger partial charge is 0.114 e. The molecule has 3 atom stereocenters. The fourth-order valence-electron chi connectivity index (χ4n) is 6.40. The lowest BCUT2D eigenvalue weighted by Gasteiger charge is -2.39. The van der Waals surface area contributed by atoms with Gasteiger partial charge in [-0.15, -0.1) is 11.8 Å². The zero-order chi connectivity index (χ0) is 21.3. The van der Waals surface area contributed by atoms with E-state index < -0.39 is 0 Å². The third-order valence-electron chi connectivity index (χ3n) is 8.31. The van der Waals surface area contributed by atoms with Crippen LogP contribution in [-0.2, 0) is 0 Å². The molecular weight excluding hydrogens is 412 g/mol. The number of allylic oxidation sites excluding steroid dienone is 5. The lowest BCUT2D eigenvalue weighted by molar-refractivity contribution is 0.145. The van der Waals surface area contributed by atoms with Crippen LogP contribution in [-0.4, -0.2) is 65.1 Å². The van der Waals surface area contributed by atoms with E-state index in [4.69, 9.17) is 10.2 Å². The van der Waals surface area contributed by atoms with Gasteiger partial charge in [0.2, 0.25) is 0 Å². The molecule has 0 N–H and O–H groups in total. The number of thioether (sulfide) groups is 1. The average Bonchev–Trinajstić information content (AvgIpc) is 3.33. The summed E-state index contributed by atoms with van der Waals surface area (Å²) < 4.78 is 0. The maximum atomic E-state index is 4.87. The molecule has 0 spiro atoms. The molecule has 2 fully saturated rings. The Morgan fingerprint density at radius 3 is 2.59 bits per heavy atom. The number of piperidine rings is 1. The predicted octanol–water partition coefficient (Wildman–Crippen LogP) is 5.67. The molecule has 0 saturated carbocycles. The quantitative estimate of drug-likeness (QED) is 0.521. The maximum absolute atomic E-state index is 4.87. The van der Waals surface area contributed by atoms with Gasteiger partial charge in [-0.3, -0.25) is 0 Å². The lowest BCUT2D eigenvalue weighted by Crippen LogP contribution is -2.43. The molecule has 0 bridgehead atoms. The number of rotatable bonds is 3. The molecule has 4 heterocycles. The van der Waals surface area contributed by atoms with Crippen LogP contribution in [0.2, 0.25) is 0 Å². The molecule has 0 aromatic heterocycles. The van der Waals surface area contributed by atoms with Gasteiger partial charge in [0.15, 0.2) is 0 Å². The second-order valence-corrected chi connectivity index (χ2v) is 11.4. The molecule has 0 aromatic carbocycles. The summed E-state index contributed by atoms with van der Waals surface area (Å²) in [4.78, 5) is 5.40. The van der Waals surface area contributed by atoms with Crippen molar-refractivity contribution < 1.29 is 0 Å². The number of nitrogens with zero attached hydrogens (tertiary/aromatic N) is 4. The van der Waals surface area contributed by atoms with Gasteiger partial charge in [0, 0.05) is 42.3 Å².